The predicted molar refractivity (Wildman–Crippen MR) is 134 cm³/mol. The van der Waals surface area contributed by atoms with Crippen LogP contribution in [0.4, 0.5) is 11.4 Å². The van der Waals surface area contributed by atoms with E-state index in [0.717, 1.165) is 30.8 Å². The van der Waals surface area contributed by atoms with Crippen LogP contribution in [0.2, 0.25) is 0 Å². The summed E-state index contributed by atoms with van der Waals surface area (Å²) >= 11 is 0. The maximum absolute atomic E-state index is 12.7. The smallest absolute Gasteiger partial charge is 0.255 e. The number of hydrogen-bond acceptors (Lipinski definition) is 4. The van der Waals surface area contributed by atoms with Gasteiger partial charge < -0.3 is 10.6 Å². The van der Waals surface area contributed by atoms with Crippen molar-refractivity contribution in [1.82, 2.24) is 9.88 Å². The fourth-order valence-corrected chi connectivity index (χ4v) is 3.33. The summed E-state index contributed by atoms with van der Waals surface area (Å²) in [6, 6.07) is 16.8. The summed E-state index contributed by atoms with van der Waals surface area (Å²) in [5, 5.41) is 5.78. The molecule has 170 valence electrons. The molecule has 2 amide bonds. The fourth-order valence-electron chi connectivity index (χ4n) is 3.33. The highest BCUT2D eigenvalue weighted by Crippen LogP contribution is 2.21. The molecule has 33 heavy (non-hydrogen) atoms. The van der Waals surface area contributed by atoms with E-state index in [1.54, 1.807) is 24.5 Å². The molecule has 0 saturated carbocycles. The summed E-state index contributed by atoms with van der Waals surface area (Å²) in [6.07, 6.45) is 6.53. The maximum atomic E-state index is 12.7. The molecule has 3 rings (SSSR count). The summed E-state index contributed by atoms with van der Waals surface area (Å²) in [4.78, 5) is 31.4. The summed E-state index contributed by atoms with van der Waals surface area (Å²) < 4.78 is 0. The van der Waals surface area contributed by atoms with Crippen molar-refractivity contribution in [3.05, 3.63) is 95.3 Å². The number of carbonyl (C=O) groups is 2. The average Bonchev–Trinajstić information content (AvgIpc) is 2.84. The lowest BCUT2D eigenvalue weighted by molar-refractivity contribution is -0.111. The van der Waals surface area contributed by atoms with Gasteiger partial charge in [0.1, 0.15) is 0 Å². The number of aryl methyl sites for hydroxylation is 1. The number of aromatic nitrogens is 1. The number of rotatable bonds is 9. The monoisotopic (exact) mass is 442 g/mol. The summed E-state index contributed by atoms with van der Waals surface area (Å²) in [5.41, 5.74) is 4.76. The van der Waals surface area contributed by atoms with Gasteiger partial charge in [-0.2, -0.15) is 0 Å². The van der Waals surface area contributed by atoms with Crippen LogP contribution in [0.1, 0.15) is 40.9 Å². The van der Waals surface area contributed by atoms with E-state index in [-0.39, 0.29) is 11.8 Å². The van der Waals surface area contributed by atoms with E-state index in [0.29, 0.717) is 16.9 Å². The Balaban J connectivity index is 1.63. The Morgan fingerprint density at radius 2 is 1.76 bits per heavy atom. The minimum Gasteiger partial charge on any atom is -0.322 e. The maximum Gasteiger partial charge on any atom is 0.255 e. The number of anilines is 2. The van der Waals surface area contributed by atoms with E-state index >= 15 is 0 Å². The van der Waals surface area contributed by atoms with Gasteiger partial charge in [0.15, 0.2) is 0 Å². The zero-order chi connectivity index (χ0) is 23.6. The molecule has 2 N–H and O–H groups in total. The first-order valence-corrected chi connectivity index (χ1v) is 11.1. The second-order valence-corrected chi connectivity index (χ2v) is 7.75. The van der Waals surface area contributed by atoms with Gasteiger partial charge in [-0.15, -0.1) is 0 Å². The average molecular weight is 443 g/mol. The Morgan fingerprint density at radius 3 is 2.42 bits per heavy atom. The Morgan fingerprint density at radius 1 is 1.00 bits per heavy atom. The molecule has 0 saturated heterocycles. The first kappa shape index (κ1) is 23.9. The Labute approximate surface area is 195 Å². The van der Waals surface area contributed by atoms with E-state index in [1.807, 2.05) is 55.5 Å². The van der Waals surface area contributed by atoms with Crippen LogP contribution in [0.15, 0.2) is 73.1 Å². The Hall–Kier alpha value is -3.77. The number of hydrogen-bond donors (Lipinski definition) is 2. The van der Waals surface area contributed by atoms with Crippen molar-refractivity contribution in [3.63, 3.8) is 0 Å². The molecule has 0 spiro atoms. The number of nitrogens with one attached hydrogen (secondary N) is 2. The molecule has 6 heteroatoms. The third-order valence-electron chi connectivity index (χ3n) is 5.38. The number of carbonyl (C=O) groups excluding carboxylic acids is 2. The molecule has 0 bridgehead atoms. The second kappa shape index (κ2) is 11.7. The number of nitrogens with zero attached hydrogens (tertiary/aromatic N) is 2. The van der Waals surface area contributed by atoms with Gasteiger partial charge in [-0.05, 0) is 73.1 Å². The molecule has 2 aromatic carbocycles. The molecule has 6 nitrogen and oxygen atoms in total. The number of benzene rings is 2. The molecule has 0 aliphatic carbocycles. The SMILES string of the molecule is CCN(CC)Cc1ccc(C(=O)Nc2ccc(C)c(NC(=O)C=Cc3cccnc3)c2)cc1. The van der Waals surface area contributed by atoms with E-state index in [2.05, 4.69) is 34.4 Å². The summed E-state index contributed by atoms with van der Waals surface area (Å²) in [6.45, 7) is 9.03. The third-order valence-corrected chi connectivity index (χ3v) is 5.38. The summed E-state index contributed by atoms with van der Waals surface area (Å²) in [7, 11) is 0. The van der Waals surface area contributed by atoms with Crippen LogP contribution in [0, 0.1) is 6.92 Å². The molecule has 1 aromatic heterocycles. The quantitative estimate of drug-likeness (QED) is 0.450. The normalized spacial score (nSPS) is 11.0. The second-order valence-electron chi connectivity index (χ2n) is 7.75. The number of amides is 2. The highest BCUT2D eigenvalue weighted by Gasteiger charge is 2.09. The van der Waals surface area contributed by atoms with Crippen LogP contribution >= 0.6 is 0 Å². The molecular formula is C27H30N4O2. The van der Waals surface area contributed by atoms with E-state index in [1.165, 1.54) is 11.6 Å². The van der Waals surface area contributed by atoms with E-state index in [9.17, 15) is 9.59 Å². The van der Waals surface area contributed by atoms with Crippen LogP contribution in [-0.2, 0) is 11.3 Å². The van der Waals surface area contributed by atoms with Gasteiger partial charge in [-0.1, -0.05) is 38.1 Å². The van der Waals surface area contributed by atoms with Gasteiger partial charge in [0.25, 0.3) is 5.91 Å². The number of pyridine rings is 1. The molecule has 0 aliphatic heterocycles. The summed E-state index contributed by atoms with van der Waals surface area (Å²) in [5.74, 6) is -0.448. The van der Waals surface area contributed by atoms with Crippen LogP contribution in [0.5, 0.6) is 0 Å². The Kier molecular flexibility index (Phi) is 8.49. The van der Waals surface area contributed by atoms with Crippen molar-refractivity contribution in [2.75, 3.05) is 23.7 Å². The molecule has 0 atom stereocenters. The highest BCUT2D eigenvalue weighted by atomic mass is 16.2. The van der Waals surface area contributed by atoms with Gasteiger partial charge in [0.2, 0.25) is 5.91 Å². The molecule has 0 aliphatic rings. The molecule has 0 radical (unpaired) electrons. The van der Waals surface area contributed by atoms with Crippen molar-refractivity contribution in [1.29, 1.82) is 0 Å². The molecule has 1 heterocycles. The van der Waals surface area contributed by atoms with Crippen molar-refractivity contribution in [2.24, 2.45) is 0 Å². The molecule has 0 unspecified atom stereocenters. The first-order chi connectivity index (χ1) is 16.0. The standard InChI is InChI=1S/C27H30N4O2/c1-4-31(5-2)19-22-9-12-23(13-10-22)27(33)29-24-14-8-20(3)25(17-24)30-26(32)15-11-21-7-6-16-28-18-21/h6-18H,4-5,19H2,1-3H3,(H,29,33)(H,30,32). The van der Waals surface area contributed by atoms with Crippen LogP contribution in [0.3, 0.4) is 0 Å². The van der Waals surface area contributed by atoms with Gasteiger partial charge in [-0.3, -0.25) is 19.5 Å². The van der Waals surface area contributed by atoms with E-state index in [4.69, 9.17) is 0 Å². The van der Waals surface area contributed by atoms with Crippen molar-refractivity contribution < 1.29 is 9.59 Å². The minimum atomic E-state index is -0.255. The third kappa shape index (κ3) is 7.12. The van der Waals surface area contributed by atoms with Crippen molar-refractivity contribution in [3.8, 4) is 0 Å². The van der Waals surface area contributed by atoms with Crippen molar-refractivity contribution >= 4 is 29.3 Å². The zero-order valence-electron chi connectivity index (χ0n) is 19.3. The largest absolute Gasteiger partial charge is 0.322 e. The lowest BCUT2D eigenvalue weighted by Crippen LogP contribution is -2.22. The van der Waals surface area contributed by atoms with Crippen LogP contribution in [-0.4, -0.2) is 34.8 Å². The molecule has 0 fully saturated rings. The molecular weight excluding hydrogens is 412 g/mol. The van der Waals surface area contributed by atoms with E-state index < -0.39 is 0 Å². The van der Waals surface area contributed by atoms with Crippen LogP contribution < -0.4 is 10.6 Å². The van der Waals surface area contributed by atoms with Crippen LogP contribution in [0.25, 0.3) is 6.08 Å². The topological polar surface area (TPSA) is 74.3 Å². The first-order valence-electron chi connectivity index (χ1n) is 11.1. The molecule has 3 aromatic rings. The zero-order valence-corrected chi connectivity index (χ0v) is 19.3. The van der Waals surface area contributed by atoms with Gasteiger partial charge >= 0.3 is 0 Å². The van der Waals surface area contributed by atoms with Crippen molar-refractivity contribution in [2.45, 2.75) is 27.3 Å². The minimum absolute atomic E-state index is 0.193. The lowest BCUT2D eigenvalue weighted by Gasteiger charge is -2.18. The van der Waals surface area contributed by atoms with Gasteiger partial charge in [-0.25, -0.2) is 0 Å². The van der Waals surface area contributed by atoms with Gasteiger partial charge in [0, 0.05) is 42.0 Å². The fraction of sp³-hybridized carbons (Fsp3) is 0.222. The highest BCUT2D eigenvalue weighted by molar-refractivity contribution is 6.05. The van der Waals surface area contributed by atoms with Gasteiger partial charge in [0.05, 0.1) is 0 Å². The Bertz CT molecular complexity index is 1100. The predicted octanol–water partition coefficient (Wildman–Crippen LogP) is 5.14. The lowest BCUT2D eigenvalue weighted by atomic mass is 10.1.